The Balaban J connectivity index is 2.90. The predicted octanol–water partition coefficient (Wildman–Crippen LogP) is 1.51. The molecule has 0 aliphatic carbocycles. The average molecular weight is 232 g/mol. The number of carbonyl (C=O) groups excluding carboxylic acids is 1. The van der Waals surface area contributed by atoms with E-state index >= 15 is 0 Å². The van der Waals surface area contributed by atoms with Crippen molar-refractivity contribution in [2.24, 2.45) is 4.40 Å². The molecule has 1 aromatic carbocycles. The van der Waals surface area contributed by atoms with Gasteiger partial charge in [0, 0.05) is 5.02 Å². The second-order valence-corrected chi connectivity index (χ2v) is 4.61. The second-order valence-electron chi connectivity index (χ2n) is 2.54. The van der Waals surface area contributed by atoms with Crippen LogP contribution in [0.4, 0.5) is 0 Å². The third-order valence-electron chi connectivity index (χ3n) is 1.44. The van der Waals surface area contributed by atoms with Crippen LogP contribution in [0, 0.1) is 0 Å². The molecule has 0 aromatic heterocycles. The highest BCUT2D eigenvalue weighted by Gasteiger charge is 2.09. The summed E-state index contributed by atoms with van der Waals surface area (Å²) in [5.41, 5.74) is 0.522. The normalized spacial score (nSPS) is 10.6. The number of sulfonamides is 1. The van der Waals surface area contributed by atoms with E-state index < -0.39 is 10.0 Å². The van der Waals surface area contributed by atoms with Crippen LogP contribution in [0.25, 0.3) is 0 Å². The maximum absolute atomic E-state index is 11.0. The van der Waals surface area contributed by atoms with Gasteiger partial charge in [0.15, 0.2) is 0 Å². The molecule has 0 N–H and O–H groups in total. The van der Waals surface area contributed by atoms with Gasteiger partial charge in [-0.15, -0.1) is 0 Å². The summed E-state index contributed by atoms with van der Waals surface area (Å²) in [6, 6.07) is 6.24. The zero-order valence-electron chi connectivity index (χ0n) is 6.97. The standard InChI is InChI=1S/C8H6ClNO3S/c9-8-3-1-7(2-4-8)5-14(12,13)10-6-11/h1-4H,5H2. The molecule has 0 atom stereocenters. The van der Waals surface area contributed by atoms with Crippen molar-refractivity contribution >= 4 is 27.7 Å². The second kappa shape index (κ2) is 4.37. The lowest BCUT2D eigenvalue weighted by atomic mass is 10.2. The summed E-state index contributed by atoms with van der Waals surface area (Å²) < 4.78 is 24.8. The Morgan fingerprint density at radius 3 is 2.36 bits per heavy atom. The smallest absolute Gasteiger partial charge is 0.210 e. The molecule has 0 aliphatic heterocycles. The zero-order valence-corrected chi connectivity index (χ0v) is 8.55. The maximum atomic E-state index is 11.0. The first-order valence-electron chi connectivity index (χ1n) is 3.60. The molecule has 1 rings (SSSR count). The third-order valence-corrected chi connectivity index (χ3v) is 2.74. The molecule has 0 heterocycles. The zero-order chi connectivity index (χ0) is 10.6. The summed E-state index contributed by atoms with van der Waals surface area (Å²) in [4.78, 5) is 9.77. The van der Waals surface area contributed by atoms with Crippen molar-refractivity contribution in [3.05, 3.63) is 34.9 Å². The molecule has 0 amide bonds. The highest BCUT2D eigenvalue weighted by molar-refractivity contribution is 7.89. The minimum Gasteiger partial charge on any atom is -0.210 e. The van der Waals surface area contributed by atoms with E-state index in [9.17, 15) is 13.2 Å². The molecule has 14 heavy (non-hydrogen) atoms. The lowest BCUT2D eigenvalue weighted by Crippen LogP contribution is -1.99. The number of benzene rings is 1. The molecule has 0 aliphatic rings. The van der Waals surface area contributed by atoms with E-state index in [0.29, 0.717) is 10.6 Å². The largest absolute Gasteiger partial charge is 0.267 e. The molecule has 1 aromatic rings. The molecule has 0 unspecified atom stereocenters. The van der Waals surface area contributed by atoms with Gasteiger partial charge < -0.3 is 0 Å². The molecular weight excluding hydrogens is 226 g/mol. The van der Waals surface area contributed by atoms with E-state index in [1.165, 1.54) is 0 Å². The van der Waals surface area contributed by atoms with Gasteiger partial charge in [-0.05, 0) is 17.7 Å². The SMILES string of the molecule is O=C=NS(=O)(=O)Cc1ccc(Cl)cc1. The predicted molar refractivity (Wildman–Crippen MR) is 52.2 cm³/mol. The molecule has 0 spiro atoms. The van der Waals surface area contributed by atoms with Gasteiger partial charge in [0.2, 0.25) is 0 Å². The van der Waals surface area contributed by atoms with Crippen LogP contribution in [0.2, 0.25) is 5.02 Å². The fraction of sp³-hybridized carbons (Fsp3) is 0.125. The highest BCUT2D eigenvalue weighted by atomic mass is 35.5. The van der Waals surface area contributed by atoms with E-state index in [-0.39, 0.29) is 5.75 Å². The molecule has 0 saturated carbocycles. The monoisotopic (exact) mass is 231 g/mol. The Morgan fingerprint density at radius 2 is 1.86 bits per heavy atom. The Labute approximate surface area is 86.3 Å². The third kappa shape index (κ3) is 3.30. The van der Waals surface area contributed by atoms with Crippen molar-refractivity contribution in [2.75, 3.05) is 0 Å². The van der Waals surface area contributed by atoms with Crippen LogP contribution < -0.4 is 0 Å². The van der Waals surface area contributed by atoms with Crippen molar-refractivity contribution in [3.8, 4) is 0 Å². The Kier molecular flexibility index (Phi) is 3.41. The van der Waals surface area contributed by atoms with Gasteiger partial charge in [-0.2, -0.15) is 0 Å². The minimum absolute atomic E-state index is 0.320. The fourth-order valence-electron chi connectivity index (χ4n) is 0.880. The summed E-state index contributed by atoms with van der Waals surface area (Å²) in [6.07, 6.45) is 1.00. The number of hydrogen-bond acceptors (Lipinski definition) is 3. The van der Waals surface area contributed by atoms with Crippen LogP contribution >= 0.6 is 11.6 Å². The topological polar surface area (TPSA) is 63.6 Å². The van der Waals surface area contributed by atoms with Crippen LogP contribution in [0.15, 0.2) is 28.7 Å². The highest BCUT2D eigenvalue weighted by Crippen LogP contribution is 2.12. The van der Waals surface area contributed by atoms with Crippen LogP contribution in [0.3, 0.4) is 0 Å². The Bertz CT molecular complexity index is 460. The van der Waals surface area contributed by atoms with Gasteiger partial charge in [-0.25, -0.2) is 13.2 Å². The van der Waals surface area contributed by atoms with Gasteiger partial charge in [-0.3, -0.25) is 0 Å². The van der Waals surface area contributed by atoms with E-state index in [1.807, 2.05) is 0 Å². The quantitative estimate of drug-likeness (QED) is 0.585. The first-order valence-corrected chi connectivity index (χ1v) is 5.58. The fourth-order valence-corrected chi connectivity index (χ4v) is 1.80. The van der Waals surface area contributed by atoms with E-state index in [0.717, 1.165) is 6.08 Å². The minimum atomic E-state index is -3.74. The van der Waals surface area contributed by atoms with Crippen molar-refractivity contribution in [1.82, 2.24) is 0 Å². The van der Waals surface area contributed by atoms with E-state index in [4.69, 9.17) is 11.6 Å². The molecule has 6 heteroatoms. The number of rotatable bonds is 3. The summed E-state index contributed by atoms with van der Waals surface area (Å²) in [5.74, 6) is -0.320. The molecule has 0 bridgehead atoms. The number of nitrogens with zero attached hydrogens (tertiary/aromatic N) is 1. The number of hydrogen-bond donors (Lipinski definition) is 0. The summed E-state index contributed by atoms with van der Waals surface area (Å²) in [7, 11) is -3.74. The van der Waals surface area contributed by atoms with Crippen molar-refractivity contribution in [1.29, 1.82) is 0 Å². The van der Waals surface area contributed by atoms with Crippen molar-refractivity contribution in [3.63, 3.8) is 0 Å². The average Bonchev–Trinajstić information content (AvgIpc) is 2.08. The van der Waals surface area contributed by atoms with Crippen LogP contribution in [0.1, 0.15) is 5.56 Å². The van der Waals surface area contributed by atoms with E-state index in [2.05, 4.69) is 4.40 Å². The molecule has 4 nitrogen and oxygen atoms in total. The summed E-state index contributed by atoms with van der Waals surface area (Å²) in [5, 5.41) is 0.519. The van der Waals surface area contributed by atoms with Crippen LogP contribution in [-0.2, 0) is 20.6 Å². The lowest BCUT2D eigenvalue weighted by molar-refractivity contribution is 0.563. The Hall–Kier alpha value is -1.16. The van der Waals surface area contributed by atoms with Gasteiger partial charge >= 0.3 is 0 Å². The molecular formula is C8H6ClNO3S. The summed E-state index contributed by atoms with van der Waals surface area (Å²) in [6.45, 7) is 0. The van der Waals surface area contributed by atoms with Gasteiger partial charge in [0.1, 0.15) is 0 Å². The molecule has 0 radical (unpaired) electrons. The van der Waals surface area contributed by atoms with E-state index in [1.54, 1.807) is 24.3 Å². The Morgan fingerprint density at radius 1 is 1.29 bits per heavy atom. The van der Waals surface area contributed by atoms with Gasteiger partial charge in [0.05, 0.1) is 5.75 Å². The van der Waals surface area contributed by atoms with Crippen molar-refractivity contribution in [2.45, 2.75) is 5.75 Å². The van der Waals surface area contributed by atoms with Crippen LogP contribution in [-0.4, -0.2) is 14.5 Å². The van der Waals surface area contributed by atoms with Gasteiger partial charge in [0.25, 0.3) is 16.1 Å². The lowest BCUT2D eigenvalue weighted by Gasteiger charge is -1.97. The first kappa shape index (κ1) is 10.9. The first-order chi connectivity index (χ1) is 6.53. The van der Waals surface area contributed by atoms with Crippen molar-refractivity contribution < 1.29 is 13.2 Å². The maximum Gasteiger partial charge on any atom is 0.267 e. The molecule has 0 saturated heterocycles. The molecule has 74 valence electrons. The molecule has 0 fully saturated rings. The number of isocyanates is 1. The van der Waals surface area contributed by atoms with Crippen LogP contribution in [0.5, 0.6) is 0 Å². The van der Waals surface area contributed by atoms with Gasteiger partial charge in [-0.1, -0.05) is 28.1 Å². The number of halogens is 1. The summed E-state index contributed by atoms with van der Waals surface area (Å²) >= 11 is 5.61.